The van der Waals surface area contributed by atoms with Crippen LogP contribution in [-0.2, 0) is 19.0 Å². The molecule has 0 aliphatic carbocycles. The first-order valence-corrected chi connectivity index (χ1v) is 4.29. The first-order chi connectivity index (χ1) is 6.62. The van der Waals surface area contributed by atoms with Crippen LogP contribution in [-0.4, -0.2) is 37.4 Å². The second kappa shape index (κ2) is 4.54. The quantitative estimate of drug-likeness (QED) is 0.666. The Hall–Kier alpha value is -0.910. The molecule has 5 heteroatoms. The molecule has 2 unspecified atom stereocenters. The summed E-state index contributed by atoms with van der Waals surface area (Å²) < 4.78 is 15.4. The van der Waals surface area contributed by atoms with E-state index in [-0.39, 0.29) is 12.8 Å². The smallest absolute Gasteiger partial charge is 0.303 e. The zero-order chi connectivity index (χ0) is 10.6. The molecule has 1 rings (SSSR count). The van der Waals surface area contributed by atoms with E-state index in [9.17, 15) is 4.79 Å². The van der Waals surface area contributed by atoms with Crippen LogP contribution in [0.3, 0.4) is 0 Å². The van der Waals surface area contributed by atoms with Gasteiger partial charge in [0.2, 0.25) is 0 Å². The van der Waals surface area contributed by atoms with Gasteiger partial charge >= 0.3 is 5.97 Å². The Morgan fingerprint density at radius 1 is 1.64 bits per heavy atom. The molecule has 0 aromatic carbocycles. The maximum atomic E-state index is 10.4. The third kappa shape index (κ3) is 2.54. The van der Waals surface area contributed by atoms with Crippen molar-refractivity contribution in [2.24, 2.45) is 0 Å². The van der Waals surface area contributed by atoms with Gasteiger partial charge in [-0.25, -0.2) is 0 Å². The molecule has 14 heavy (non-hydrogen) atoms. The highest BCUT2D eigenvalue weighted by molar-refractivity contribution is 5.66. The van der Waals surface area contributed by atoms with E-state index in [2.05, 4.69) is 0 Å². The molecule has 5 nitrogen and oxygen atoms in total. The van der Waals surface area contributed by atoms with Crippen molar-refractivity contribution < 1.29 is 24.1 Å². The van der Waals surface area contributed by atoms with Crippen LogP contribution in [0.2, 0.25) is 0 Å². The van der Waals surface area contributed by atoms with Crippen molar-refractivity contribution in [3.05, 3.63) is 12.2 Å². The molecule has 2 atom stereocenters. The summed E-state index contributed by atoms with van der Waals surface area (Å²) in [5.41, 5.74) is 0. The molecule has 1 aliphatic heterocycles. The molecule has 1 heterocycles. The van der Waals surface area contributed by atoms with Crippen molar-refractivity contribution in [1.82, 2.24) is 0 Å². The van der Waals surface area contributed by atoms with Gasteiger partial charge in [0, 0.05) is 20.6 Å². The minimum atomic E-state index is -0.945. The van der Waals surface area contributed by atoms with Crippen LogP contribution in [0.1, 0.15) is 12.8 Å². The van der Waals surface area contributed by atoms with Gasteiger partial charge in [0.15, 0.2) is 12.1 Å². The zero-order valence-corrected chi connectivity index (χ0v) is 8.23. The Balaban J connectivity index is 2.52. The molecule has 0 saturated carbocycles. The third-order valence-corrected chi connectivity index (χ3v) is 2.09. The second-order valence-electron chi connectivity index (χ2n) is 2.99. The lowest BCUT2D eigenvalue weighted by atomic mass is 10.1. The summed E-state index contributed by atoms with van der Waals surface area (Å²) in [6.07, 6.45) is 3.20. The predicted molar refractivity (Wildman–Crippen MR) is 47.6 cm³/mol. The molecule has 1 aliphatic rings. The highest BCUT2D eigenvalue weighted by Crippen LogP contribution is 2.29. The van der Waals surface area contributed by atoms with Gasteiger partial charge in [0.05, 0.1) is 6.42 Å². The van der Waals surface area contributed by atoms with Gasteiger partial charge in [0.25, 0.3) is 0 Å². The van der Waals surface area contributed by atoms with Crippen molar-refractivity contribution in [1.29, 1.82) is 0 Å². The van der Waals surface area contributed by atoms with Gasteiger partial charge in [-0.2, -0.15) is 0 Å². The molecule has 0 saturated heterocycles. The SMILES string of the molecule is COC1C=CC(CCC(=O)O)(OC)O1. The monoisotopic (exact) mass is 202 g/mol. The number of rotatable bonds is 5. The minimum Gasteiger partial charge on any atom is -0.481 e. The predicted octanol–water partition coefficient (Wildman–Crippen LogP) is 0.753. The van der Waals surface area contributed by atoms with Crippen LogP contribution in [0.4, 0.5) is 0 Å². The van der Waals surface area contributed by atoms with E-state index in [1.807, 2.05) is 0 Å². The molecular weight excluding hydrogens is 188 g/mol. The Bertz CT molecular complexity index is 237. The fourth-order valence-corrected chi connectivity index (χ4v) is 1.27. The lowest BCUT2D eigenvalue weighted by Gasteiger charge is -2.26. The number of ether oxygens (including phenoxy) is 3. The van der Waals surface area contributed by atoms with Gasteiger partial charge in [-0.1, -0.05) is 0 Å². The number of carboxylic acid groups (broad SMARTS) is 1. The summed E-state index contributed by atoms with van der Waals surface area (Å²) in [5, 5.41) is 8.54. The first-order valence-electron chi connectivity index (χ1n) is 4.29. The van der Waals surface area contributed by atoms with Crippen LogP contribution in [0.5, 0.6) is 0 Å². The Morgan fingerprint density at radius 2 is 2.36 bits per heavy atom. The Labute approximate surface area is 82.3 Å². The maximum Gasteiger partial charge on any atom is 0.303 e. The molecule has 0 fully saturated rings. The lowest BCUT2D eigenvalue weighted by Crippen LogP contribution is -2.32. The van der Waals surface area contributed by atoms with Gasteiger partial charge in [-0.05, 0) is 12.2 Å². The summed E-state index contributed by atoms with van der Waals surface area (Å²) in [7, 11) is 2.99. The normalized spacial score (nSPS) is 30.9. The van der Waals surface area contributed by atoms with E-state index in [1.54, 1.807) is 12.2 Å². The van der Waals surface area contributed by atoms with Crippen molar-refractivity contribution in [3.8, 4) is 0 Å². The van der Waals surface area contributed by atoms with E-state index >= 15 is 0 Å². The summed E-state index contributed by atoms with van der Waals surface area (Å²) in [4.78, 5) is 10.4. The molecule has 0 aromatic rings. The van der Waals surface area contributed by atoms with E-state index in [4.69, 9.17) is 19.3 Å². The van der Waals surface area contributed by atoms with E-state index in [0.29, 0.717) is 0 Å². The molecule has 0 spiro atoms. The highest BCUT2D eigenvalue weighted by atomic mass is 16.8. The number of aliphatic carboxylic acids is 1. The summed E-state index contributed by atoms with van der Waals surface area (Å²) >= 11 is 0. The van der Waals surface area contributed by atoms with Crippen LogP contribution in [0, 0.1) is 0 Å². The Morgan fingerprint density at radius 3 is 2.79 bits per heavy atom. The Kier molecular flexibility index (Phi) is 3.62. The summed E-state index contributed by atoms with van der Waals surface area (Å²) in [6.45, 7) is 0. The summed E-state index contributed by atoms with van der Waals surface area (Å²) in [6, 6.07) is 0. The standard InChI is InChI=1S/C9H14O5/c1-12-8-4-6-9(13-2,14-8)5-3-7(10)11/h4,6,8H,3,5H2,1-2H3,(H,10,11). The van der Waals surface area contributed by atoms with Crippen molar-refractivity contribution in [2.45, 2.75) is 24.9 Å². The second-order valence-corrected chi connectivity index (χ2v) is 2.99. The average Bonchev–Trinajstić information content (AvgIpc) is 2.59. The van der Waals surface area contributed by atoms with Gasteiger partial charge < -0.3 is 19.3 Å². The lowest BCUT2D eigenvalue weighted by molar-refractivity contribution is -0.245. The number of hydrogen-bond donors (Lipinski definition) is 1. The molecule has 0 amide bonds. The number of hydrogen-bond acceptors (Lipinski definition) is 4. The molecule has 1 N–H and O–H groups in total. The highest BCUT2D eigenvalue weighted by Gasteiger charge is 2.35. The molecule has 0 bridgehead atoms. The number of carbonyl (C=O) groups is 1. The largest absolute Gasteiger partial charge is 0.481 e. The molecular formula is C9H14O5. The number of methoxy groups -OCH3 is 2. The van der Waals surface area contributed by atoms with Gasteiger partial charge in [-0.15, -0.1) is 0 Å². The van der Waals surface area contributed by atoms with Crippen molar-refractivity contribution in [3.63, 3.8) is 0 Å². The number of carboxylic acids is 1. The fourth-order valence-electron chi connectivity index (χ4n) is 1.27. The summed E-state index contributed by atoms with van der Waals surface area (Å²) in [5.74, 6) is -1.82. The van der Waals surface area contributed by atoms with E-state index in [0.717, 1.165) is 0 Å². The third-order valence-electron chi connectivity index (χ3n) is 2.09. The molecule has 0 aromatic heterocycles. The van der Waals surface area contributed by atoms with E-state index < -0.39 is 18.0 Å². The fraction of sp³-hybridized carbons (Fsp3) is 0.667. The van der Waals surface area contributed by atoms with Crippen LogP contribution in [0.15, 0.2) is 12.2 Å². The molecule has 0 radical (unpaired) electrons. The topological polar surface area (TPSA) is 65.0 Å². The van der Waals surface area contributed by atoms with Crippen molar-refractivity contribution >= 4 is 5.97 Å². The van der Waals surface area contributed by atoms with Crippen LogP contribution >= 0.6 is 0 Å². The maximum absolute atomic E-state index is 10.4. The van der Waals surface area contributed by atoms with Gasteiger partial charge in [-0.3, -0.25) is 4.79 Å². The van der Waals surface area contributed by atoms with E-state index in [1.165, 1.54) is 14.2 Å². The van der Waals surface area contributed by atoms with Crippen LogP contribution in [0.25, 0.3) is 0 Å². The van der Waals surface area contributed by atoms with Gasteiger partial charge in [0.1, 0.15) is 0 Å². The van der Waals surface area contributed by atoms with Crippen LogP contribution < -0.4 is 0 Å². The molecule has 80 valence electrons. The van der Waals surface area contributed by atoms with Crippen molar-refractivity contribution in [2.75, 3.05) is 14.2 Å². The minimum absolute atomic E-state index is 0.00534. The average molecular weight is 202 g/mol. The zero-order valence-electron chi connectivity index (χ0n) is 8.23. The first kappa shape index (κ1) is 11.2.